The topological polar surface area (TPSA) is 59.0 Å². The predicted molar refractivity (Wildman–Crippen MR) is 96.6 cm³/mol. The van der Waals surface area contributed by atoms with Gasteiger partial charge in [-0.15, -0.1) is 0 Å². The van der Waals surface area contributed by atoms with Crippen LogP contribution in [-0.4, -0.2) is 28.3 Å². The minimum atomic E-state index is -0.288. The number of nitrogens with one attached hydrogen (secondary N) is 2. The zero-order valence-corrected chi connectivity index (χ0v) is 14.6. The molecular formula is C19H24N4O. The van der Waals surface area contributed by atoms with Gasteiger partial charge in [0, 0.05) is 18.0 Å². The Morgan fingerprint density at radius 3 is 2.58 bits per heavy atom. The van der Waals surface area contributed by atoms with Crippen molar-refractivity contribution in [2.24, 2.45) is 0 Å². The Balaban J connectivity index is 1.96. The second kappa shape index (κ2) is 6.24. The van der Waals surface area contributed by atoms with E-state index in [2.05, 4.69) is 31.4 Å². The summed E-state index contributed by atoms with van der Waals surface area (Å²) in [6.07, 6.45) is 3.84. The van der Waals surface area contributed by atoms with Crippen molar-refractivity contribution in [2.45, 2.75) is 39.2 Å². The maximum atomic E-state index is 12.4. The average molecular weight is 324 g/mol. The molecule has 2 N–H and O–H groups in total. The normalized spacial score (nSPS) is 17.2. The molecule has 126 valence electrons. The van der Waals surface area contributed by atoms with Crippen molar-refractivity contribution in [3.8, 4) is 5.69 Å². The third kappa shape index (κ3) is 3.41. The molecule has 0 fully saturated rings. The minimum absolute atomic E-state index is 0.0718. The molecule has 1 unspecified atom stereocenters. The van der Waals surface area contributed by atoms with E-state index in [0.29, 0.717) is 5.82 Å². The monoisotopic (exact) mass is 324 g/mol. The number of carbonyl (C=O) groups is 1. The van der Waals surface area contributed by atoms with Crippen molar-refractivity contribution < 1.29 is 4.79 Å². The van der Waals surface area contributed by atoms with Gasteiger partial charge in [0.05, 0.1) is 11.4 Å². The third-order valence-electron chi connectivity index (χ3n) is 4.07. The standard InChI is InChI=1S/C19H24N4O/c1-13-7-9-14(10-8-13)23-17(12-16(22-23)19(2,3)4)21-18(24)15-6-5-11-20-15/h5-10,12,15,20H,11H2,1-4H3,(H,21,24). The molecule has 1 aromatic heterocycles. The fraction of sp³-hybridized carbons (Fsp3) is 0.368. The second-order valence-electron chi connectivity index (χ2n) is 7.22. The van der Waals surface area contributed by atoms with Gasteiger partial charge in [-0.1, -0.05) is 50.6 Å². The number of hydrogen-bond acceptors (Lipinski definition) is 3. The summed E-state index contributed by atoms with van der Waals surface area (Å²) >= 11 is 0. The molecule has 1 amide bonds. The van der Waals surface area contributed by atoms with E-state index >= 15 is 0 Å². The summed E-state index contributed by atoms with van der Waals surface area (Å²) in [6, 6.07) is 9.78. The molecule has 0 spiro atoms. The van der Waals surface area contributed by atoms with Crippen LogP contribution in [0.25, 0.3) is 5.69 Å². The number of anilines is 1. The molecule has 1 aliphatic rings. The number of aryl methyl sites for hydroxylation is 1. The van der Waals surface area contributed by atoms with Crippen LogP contribution in [0.2, 0.25) is 0 Å². The third-order valence-corrected chi connectivity index (χ3v) is 4.07. The minimum Gasteiger partial charge on any atom is -0.309 e. The lowest BCUT2D eigenvalue weighted by atomic mass is 9.92. The molecule has 0 bridgehead atoms. The van der Waals surface area contributed by atoms with E-state index < -0.39 is 0 Å². The molecule has 5 heteroatoms. The summed E-state index contributed by atoms with van der Waals surface area (Å²) in [5.41, 5.74) is 2.96. The van der Waals surface area contributed by atoms with E-state index in [4.69, 9.17) is 5.10 Å². The number of carbonyl (C=O) groups excluding carboxylic acids is 1. The Hall–Kier alpha value is -2.40. The summed E-state index contributed by atoms with van der Waals surface area (Å²) in [4.78, 5) is 12.4. The SMILES string of the molecule is Cc1ccc(-n2nc(C(C)(C)C)cc2NC(=O)C2C=CCN2)cc1. The Kier molecular flexibility index (Phi) is 4.28. The van der Waals surface area contributed by atoms with Crippen LogP contribution >= 0.6 is 0 Å². The molecule has 0 radical (unpaired) electrons. The highest BCUT2D eigenvalue weighted by Crippen LogP contribution is 2.26. The van der Waals surface area contributed by atoms with Crippen LogP contribution in [0.5, 0.6) is 0 Å². The highest BCUT2D eigenvalue weighted by atomic mass is 16.2. The number of rotatable bonds is 3. The van der Waals surface area contributed by atoms with Crippen LogP contribution in [0.3, 0.4) is 0 Å². The number of nitrogens with zero attached hydrogens (tertiary/aromatic N) is 2. The van der Waals surface area contributed by atoms with Crippen molar-refractivity contribution in [3.63, 3.8) is 0 Å². The van der Waals surface area contributed by atoms with Crippen molar-refractivity contribution in [1.82, 2.24) is 15.1 Å². The van der Waals surface area contributed by atoms with Crippen molar-refractivity contribution in [1.29, 1.82) is 0 Å². The van der Waals surface area contributed by atoms with Crippen molar-refractivity contribution >= 4 is 11.7 Å². The lowest BCUT2D eigenvalue weighted by molar-refractivity contribution is -0.116. The zero-order valence-electron chi connectivity index (χ0n) is 14.6. The molecule has 0 saturated carbocycles. The number of hydrogen-bond donors (Lipinski definition) is 2. The zero-order chi connectivity index (χ0) is 17.3. The van der Waals surface area contributed by atoms with Crippen molar-refractivity contribution in [2.75, 3.05) is 11.9 Å². The van der Waals surface area contributed by atoms with Gasteiger partial charge in [0.25, 0.3) is 0 Å². The second-order valence-corrected chi connectivity index (χ2v) is 7.22. The van der Waals surface area contributed by atoms with E-state index in [-0.39, 0.29) is 17.4 Å². The van der Waals surface area contributed by atoms with Gasteiger partial charge >= 0.3 is 0 Å². The fourth-order valence-electron chi connectivity index (χ4n) is 2.57. The van der Waals surface area contributed by atoms with Crippen LogP contribution in [0.15, 0.2) is 42.5 Å². The summed E-state index contributed by atoms with van der Waals surface area (Å²) in [5, 5.41) is 10.9. The molecule has 1 aromatic carbocycles. The Bertz CT molecular complexity index is 766. The van der Waals surface area contributed by atoms with Crippen LogP contribution in [-0.2, 0) is 10.2 Å². The number of benzene rings is 1. The smallest absolute Gasteiger partial charge is 0.246 e. The molecule has 1 aliphatic heterocycles. The molecule has 24 heavy (non-hydrogen) atoms. The molecule has 0 saturated heterocycles. The molecule has 5 nitrogen and oxygen atoms in total. The van der Waals surface area contributed by atoms with E-state index in [9.17, 15) is 4.79 Å². The maximum absolute atomic E-state index is 12.4. The number of aromatic nitrogens is 2. The van der Waals surface area contributed by atoms with Crippen LogP contribution in [0.4, 0.5) is 5.82 Å². The van der Waals surface area contributed by atoms with Gasteiger partial charge in [0.15, 0.2) is 0 Å². The molecule has 1 atom stereocenters. The molecular weight excluding hydrogens is 300 g/mol. The van der Waals surface area contributed by atoms with Gasteiger partial charge in [-0.3, -0.25) is 10.1 Å². The lowest BCUT2D eigenvalue weighted by Crippen LogP contribution is -2.36. The van der Waals surface area contributed by atoms with Gasteiger partial charge in [-0.2, -0.15) is 5.10 Å². The summed E-state index contributed by atoms with van der Waals surface area (Å²) in [5.74, 6) is 0.619. The predicted octanol–water partition coefficient (Wildman–Crippen LogP) is 2.94. The van der Waals surface area contributed by atoms with Gasteiger partial charge in [0.2, 0.25) is 5.91 Å². The molecule has 0 aliphatic carbocycles. The van der Waals surface area contributed by atoms with Gasteiger partial charge < -0.3 is 5.32 Å². The summed E-state index contributed by atoms with van der Waals surface area (Å²) in [6.45, 7) is 9.11. The fourth-order valence-corrected chi connectivity index (χ4v) is 2.57. The molecule has 3 rings (SSSR count). The van der Waals surface area contributed by atoms with Crippen LogP contribution < -0.4 is 10.6 Å². The Morgan fingerprint density at radius 1 is 1.29 bits per heavy atom. The first-order valence-corrected chi connectivity index (χ1v) is 8.23. The van der Waals surface area contributed by atoms with E-state index in [1.807, 2.05) is 49.4 Å². The first-order chi connectivity index (χ1) is 11.3. The van der Waals surface area contributed by atoms with Gasteiger partial charge in [0.1, 0.15) is 11.9 Å². The number of amides is 1. The van der Waals surface area contributed by atoms with E-state index in [1.54, 1.807) is 4.68 Å². The summed E-state index contributed by atoms with van der Waals surface area (Å²) in [7, 11) is 0. The highest BCUT2D eigenvalue weighted by molar-refractivity contribution is 5.96. The average Bonchev–Trinajstić information content (AvgIpc) is 3.16. The maximum Gasteiger partial charge on any atom is 0.246 e. The van der Waals surface area contributed by atoms with Crippen molar-refractivity contribution in [3.05, 3.63) is 53.7 Å². The highest BCUT2D eigenvalue weighted by Gasteiger charge is 2.23. The Morgan fingerprint density at radius 2 is 2.00 bits per heavy atom. The van der Waals surface area contributed by atoms with E-state index in [1.165, 1.54) is 5.56 Å². The van der Waals surface area contributed by atoms with Crippen LogP contribution in [0.1, 0.15) is 32.0 Å². The molecule has 2 heterocycles. The van der Waals surface area contributed by atoms with E-state index in [0.717, 1.165) is 17.9 Å². The quantitative estimate of drug-likeness (QED) is 0.854. The lowest BCUT2D eigenvalue weighted by Gasteiger charge is -2.14. The molecule has 2 aromatic rings. The summed E-state index contributed by atoms with van der Waals surface area (Å²) < 4.78 is 1.80. The van der Waals surface area contributed by atoms with Gasteiger partial charge in [-0.25, -0.2) is 4.68 Å². The Labute approximate surface area is 142 Å². The van der Waals surface area contributed by atoms with Crippen LogP contribution in [0, 0.1) is 6.92 Å². The first-order valence-electron chi connectivity index (χ1n) is 8.23. The first kappa shape index (κ1) is 16.5. The van der Waals surface area contributed by atoms with Gasteiger partial charge in [-0.05, 0) is 19.1 Å². The largest absolute Gasteiger partial charge is 0.309 e.